The zero-order chi connectivity index (χ0) is 7.68. The molecule has 1 N–H and O–H groups in total. The predicted octanol–water partition coefficient (Wildman–Crippen LogP) is 2.00. The van der Waals surface area contributed by atoms with Crippen molar-refractivity contribution in [2.75, 3.05) is 0 Å². The minimum absolute atomic E-state index is 0. The molecule has 2 aliphatic heterocycles. The SMILES string of the molecule is Cl.[N-]=[N+]=NC1CC2CCC(C1)N2. The van der Waals surface area contributed by atoms with Gasteiger partial charge in [-0.1, -0.05) is 5.11 Å². The van der Waals surface area contributed by atoms with Gasteiger partial charge in [-0.2, -0.15) is 0 Å². The van der Waals surface area contributed by atoms with Crippen molar-refractivity contribution in [1.29, 1.82) is 0 Å². The van der Waals surface area contributed by atoms with Crippen molar-refractivity contribution in [3.8, 4) is 0 Å². The van der Waals surface area contributed by atoms with Crippen LogP contribution in [0.3, 0.4) is 0 Å². The molecule has 4 nitrogen and oxygen atoms in total. The number of piperidine rings is 1. The highest BCUT2D eigenvalue weighted by Gasteiger charge is 2.32. The second-order valence-electron chi connectivity index (χ2n) is 3.47. The van der Waals surface area contributed by atoms with E-state index in [2.05, 4.69) is 15.3 Å². The summed E-state index contributed by atoms with van der Waals surface area (Å²) < 4.78 is 0. The van der Waals surface area contributed by atoms with Crippen molar-refractivity contribution in [3.63, 3.8) is 0 Å². The lowest BCUT2D eigenvalue weighted by Gasteiger charge is -2.25. The van der Waals surface area contributed by atoms with Crippen LogP contribution in [0.5, 0.6) is 0 Å². The van der Waals surface area contributed by atoms with Crippen molar-refractivity contribution in [2.24, 2.45) is 5.11 Å². The van der Waals surface area contributed by atoms with Gasteiger partial charge in [0.05, 0.1) is 0 Å². The zero-order valence-corrected chi connectivity index (χ0v) is 7.63. The van der Waals surface area contributed by atoms with E-state index in [0.717, 1.165) is 12.8 Å². The Morgan fingerprint density at radius 2 is 1.83 bits per heavy atom. The number of rotatable bonds is 1. The molecule has 12 heavy (non-hydrogen) atoms. The van der Waals surface area contributed by atoms with E-state index in [1.54, 1.807) is 0 Å². The highest BCUT2D eigenvalue weighted by molar-refractivity contribution is 5.85. The minimum atomic E-state index is 0. The molecule has 0 spiro atoms. The van der Waals surface area contributed by atoms with Crippen molar-refractivity contribution >= 4 is 12.4 Å². The molecule has 2 bridgehead atoms. The molecule has 68 valence electrons. The molecular formula is C7H13ClN4. The summed E-state index contributed by atoms with van der Waals surface area (Å²) in [6.07, 6.45) is 4.62. The molecule has 2 heterocycles. The molecule has 2 unspecified atom stereocenters. The average Bonchev–Trinajstić information content (AvgIpc) is 2.32. The van der Waals surface area contributed by atoms with Crippen molar-refractivity contribution < 1.29 is 0 Å². The molecule has 2 rings (SSSR count). The maximum absolute atomic E-state index is 8.25. The molecule has 2 atom stereocenters. The van der Waals surface area contributed by atoms with E-state index in [1.165, 1.54) is 12.8 Å². The van der Waals surface area contributed by atoms with Gasteiger partial charge in [0.25, 0.3) is 0 Å². The fourth-order valence-electron chi connectivity index (χ4n) is 2.19. The second-order valence-corrected chi connectivity index (χ2v) is 3.47. The van der Waals surface area contributed by atoms with Crippen LogP contribution in [0.2, 0.25) is 0 Å². The quantitative estimate of drug-likeness (QED) is 0.382. The first-order valence-electron chi connectivity index (χ1n) is 4.19. The molecule has 0 aliphatic carbocycles. The summed E-state index contributed by atoms with van der Waals surface area (Å²) in [5, 5.41) is 7.26. The van der Waals surface area contributed by atoms with E-state index >= 15 is 0 Å². The lowest BCUT2D eigenvalue weighted by Crippen LogP contribution is -2.39. The number of nitrogens with zero attached hydrogens (tertiary/aromatic N) is 3. The van der Waals surface area contributed by atoms with Gasteiger partial charge in [0.1, 0.15) is 0 Å². The normalized spacial score (nSPS) is 38.2. The van der Waals surface area contributed by atoms with Gasteiger partial charge in [-0.05, 0) is 31.2 Å². The van der Waals surface area contributed by atoms with Gasteiger partial charge in [0, 0.05) is 23.0 Å². The van der Waals surface area contributed by atoms with Gasteiger partial charge in [-0.15, -0.1) is 12.4 Å². The molecule has 0 aromatic carbocycles. The zero-order valence-electron chi connectivity index (χ0n) is 6.81. The van der Waals surface area contributed by atoms with Crippen LogP contribution >= 0.6 is 12.4 Å². The van der Waals surface area contributed by atoms with E-state index in [9.17, 15) is 0 Å². The molecule has 0 saturated carbocycles. The third-order valence-electron chi connectivity index (χ3n) is 2.66. The van der Waals surface area contributed by atoms with Crippen molar-refractivity contribution in [1.82, 2.24) is 5.32 Å². The number of hydrogen-bond donors (Lipinski definition) is 1. The van der Waals surface area contributed by atoms with Crippen molar-refractivity contribution in [3.05, 3.63) is 10.4 Å². The summed E-state index contributed by atoms with van der Waals surface area (Å²) in [4.78, 5) is 2.85. The van der Waals surface area contributed by atoms with E-state index < -0.39 is 0 Å². The number of nitrogens with one attached hydrogen (secondary N) is 1. The minimum Gasteiger partial charge on any atom is -0.311 e. The van der Waals surface area contributed by atoms with Crippen LogP contribution in [0.4, 0.5) is 0 Å². The summed E-state index contributed by atoms with van der Waals surface area (Å²) in [6.45, 7) is 0. The Kier molecular flexibility index (Phi) is 3.20. The van der Waals surface area contributed by atoms with Crippen LogP contribution < -0.4 is 5.32 Å². The Hall–Kier alpha value is -0.440. The molecule has 2 fully saturated rings. The van der Waals surface area contributed by atoms with Gasteiger partial charge in [-0.25, -0.2) is 0 Å². The Morgan fingerprint density at radius 3 is 2.33 bits per heavy atom. The Balaban J connectivity index is 0.000000720. The van der Waals surface area contributed by atoms with Crippen LogP contribution in [0, 0.1) is 0 Å². The molecule has 2 saturated heterocycles. The lowest BCUT2D eigenvalue weighted by atomic mass is 10.0. The van der Waals surface area contributed by atoms with Crippen LogP contribution in [-0.2, 0) is 0 Å². The molecule has 5 heteroatoms. The second kappa shape index (κ2) is 3.99. The third-order valence-corrected chi connectivity index (χ3v) is 2.66. The van der Waals surface area contributed by atoms with Gasteiger partial charge < -0.3 is 5.32 Å². The maximum Gasteiger partial charge on any atom is 0.0403 e. The summed E-state index contributed by atoms with van der Waals surface area (Å²) >= 11 is 0. The Labute approximate surface area is 77.8 Å². The smallest absolute Gasteiger partial charge is 0.0403 e. The molecule has 0 aromatic heterocycles. The first kappa shape index (κ1) is 9.65. The highest BCUT2D eigenvalue weighted by Crippen LogP contribution is 2.28. The standard InChI is InChI=1S/C7H12N4.ClH/c8-11-10-7-3-5-1-2-6(4-7)9-5;/h5-7,9H,1-4H2;1H. The molecule has 0 radical (unpaired) electrons. The average molecular weight is 189 g/mol. The molecular weight excluding hydrogens is 176 g/mol. The van der Waals surface area contributed by atoms with Gasteiger partial charge in [-0.3, -0.25) is 0 Å². The third kappa shape index (κ3) is 1.83. The summed E-state index contributed by atoms with van der Waals surface area (Å²) in [7, 11) is 0. The van der Waals surface area contributed by atoms with E-state index in [-0.39, 0.29) is 18.4 Å². The van der Waals surface area contributed by atoms with Gasteiger partial charge in [0.15, 0.2) is 0 Å². The Bertz CT molecular complexity index is 190. The predicted molar refractivity (Wildman–Crippen MR) is 49.4 cm³/mol. The number of halogens is 1. The Morgan fingerprint density at radius 1 is 1.25 bits per heavy atom. The first-order chi connectivity index (χ1) is 5.38. The van der Waals surface area contributed by atoms with Gasteiger partial charge in [0.2, 0.25) is 0 Å². The monoisotopic (exact) mass is 188 g/mol. The van der Waals surface area contributed by atoms with Crippen LogP contribution in [0.15, 0.2) is 5.11 Å². The van der Waals surface area contributed by atoms with Crippen LogP contribution in [-0.4, -0.2) is 18.1 Å². The number of fused-ring (bicyclic) bond motifs is 2. The summed E-state index contributed by atoms with van der Waals surface area (Å²) in [5.74, 6) is 0. The molecule has 0 aromatic rings. The number of azide groups is 1. The van der Waals surface area contributed by atoms with E-state index in [0.29, 0.717) is 12.1 Å². The maximum atomic E-state index is 8.25. The van der Waals surface area contributed by atoms with Crippen LogP contribution in [0.25, 0.3) is 10.4 Å². The number of hydrogen-bond acceptors (Lipinski definition) is 2. The first-order valence-corrected chi connectivity index (χ1v) is 4.19. The lowest BCUT2D eigenvalue weighted by molar-refractivity contribution is 0.363. The highest BCUT2D eigenvalue weighted by atomic mass is 35.5. The van der Waals surface area contributed by atoms with E-state index in [4.69, 9.17) is 5.53 Å². The molecule has 2 aliphatic rings. The van der Waals surface area contributed by atoms with Crippen molar-refractivity contribution in [2.45, 2.75) is 43.8 Å². The molecule has 0 amide bonds. The largest absolute Gasteiger partial charge is 0.311 e. The summed E-state index contributed by atoms with van der Waals surface area (Å²) in [6, 6.07) is 1.52. The fourth-order valence-corrected chi connectivity index (χ4v) is 2.19. The fraction of sp³-hybridized carbons (Fsp3) is 1.00. The van der Waals surface area contributed by atoms with E-state index in [1.807, 2.05) is 0 Å². The summed E-state index contributed by atoms with van der Waals surface area (Å²) in [5.41, 5.74) is 8.25. The van der Waals surface area contributed by atoms with Gasteiger partial charge >= 0.3 is 0 Å². The van der Waals surface area contributed by atoms with Crippen LogP contribution in [0.1, 0.15) is 25.7 Å². The topological polar surface area (TPSA) is 60.8 Å².